The highest BCUT2D eigenvalue weighted by Gasteiger charge is 2.49. The number of rotatable bonds is 16. The molecule has 0 fully saturated rings. The van der Waals surface area contributed by atoms with Crippen molar-refractivity contribution < 1.29 is 19.8 Å². The van der Waals surface area contributed by atoms with Gasteiger partial charge in [0.1, 0.15) is 10.8 Å². The maximum Gasteiger partial charge on any atom is 0.318 e. The van der Waals surface area contributed by atoms with Crippen molar-refractivity contribution in [2.24, 2.45) is 0 Å². The fourth-order valence-electron chi connectivity index (χ4n) is 5.12. The molecule has 4 nitrogen and oxygen atoms in total. The number of unbranched alkanes of at least 4 members (excludes halogenated alkanes) is 10. The van der Waals surface area contributed by atoms with E-state index in [2.05, 4.69) is 13.8 Å². The lowest BCUT2D eigenvalue weighted by Crippen LogP contribution is -2.45. The van der Waals surface area contributed by atoms with Crippen LogP contribution >= 0.6 is 0 Å². The average molecular weight is 443 g/mol. The Morgan fingerprint density at radius 1 is 0.625 bits per heavy atom. The van der Waals surface area contributed by atoms with Crippen molar-refractivity contribution in [2.45, 2.75) is 115 Å². The molecule has 4 heteroatoms. The molecular formula is C28H42O4. The van der Waals surface area contributed by atoms with Gasteiger partial charge < -0.3 is 10.2 Å². The molecule has 2 N–H and O–H groups in total. The third kappa shape index (κ3) is 6.02. The van der Waals surface area contributed by atoms with Gasteiger partial charge in [0.2, 0.25) is 0 Å². The van der Waals surface area contributed by atoms with Crippen LogP contribution in [0.15, 0.2) is 36.4 Å². The van der Waals surface area contributed by atoms with Crippen molar-refractivity contribution in [3.8, 4) is 0 Å². The second-order valence-corrected chi connectivity index (χ2v) is 9.47. The Bertz CT molecular complexity index is 705. The summed E-state index contributed by atoms with van der Waals surface area (Å²) in [4.78, 5) is 25.1. The minimum absolute atomic E-state index is 0.509. The Hall–Kier alpha value is -2.10. The lowest BCUT2D eigenvalue weighted by Gasteiger charge is -2.40. The SMILES string of the molecule is CCCCCCCC[C@]1(C(=O)O)C=C[C@](CCCCCCCC)(C(=O)O)c2ccccc21. The Morgan fingerprint density at radius 3 is 1.31 bits per heavy atom. The van der Waals surface area contributed by atoms with Crippen molar-refractivity contribution in [1.29, 1.82) is 0 Å². The van der Waals surface area contributed by atoms with Crippen LogP contribution in [0.1, 0.15) is 115 Å². The summed E-state index contributed by atoms with van der Waals surface area (Å²) in [6.45, 7) is 4.37. The van der Waals surface area contributed by atoms with E-state index in [0.29, 0.717) is 24.0 Å². The Morgan fingerprint density at radius 2 is 0.969 bits per heavy atom. The molecule has 0 unspecified atom stereocenters. The van der Waals surface area contributed by atoms with Gasteiger partial charge in [-0.3, -0.25) is 9.59 Å². The van der Waals surface area contributed by atoms with Gasteiger partial charge in [0.15, 0.2) is 0 Å². The van der Waals surface area contributed by atoms with Gasteiger partial charge in [0, 0.05) is 0 Å². The topological polar surface area (TPSA) is 74.6 Å². The summed E-state index contributed by atoms with van der Waals surface area (Å²) in [5, 5.41) is 20.6. The molecule has 1 aliphatic carbocycles. The second kappa shape index (κ2) is 12.8. The Kier molecular flexibility index (Phi) is 10.5. The maximum atomic E-state index is 12.5. The van der Waals surface area contributed by atoms with Crippen LogP contribution in [0.25, 0.3) is 0 Å². The molecule has 0 amide bonds. The van der Waals surface area contributed by atoms with E-state index in [4.69, 9.17) is 0 Å². The second-order valence-electron chi connectivity index (χ2n) is 9.47. The van der Waals surface area contributed by atoms with Crippen molar-refractivity contribution in [2.75, 3.05) is 0 Å². The molecule has 1 aromatic carbocycles. The van der Waals surface area contributed by atoms with Gasteiger partial charge in [0.25, 0.3) is 0 Å². The molecule has 0 saturated heterocycles. The van der Waals surface area contributed by atoms with Crippen LogP contribution in [-0.4, -0.2) is 22.2 Å². The molecule has 0 radical (unpaired) electrons. The van der Waals surface area contributed by atoms with E-state index >= 15 is 0 Å². The van der Waals surface area contributed by atoms with Crippen molar-refractivity contribution in [1.82, 2.24) is 0 Å². The summed E-state index contributed by atoms with van der Waals surface area (Å²) in [7, 11) is 0. The van der Waals surface area contributed by atoms with E-state index in [0.717, 1.165) is 38.5 Å². The van der Waals surface area contributed by atoms with Gasteiger partial charge in [-0.2, -0.15) is 0 Å². The maximum absolute atomic E-state index is 12.5. The molecule has 1 aromatic rings. The van der Waals surface area contributed by atoms with Gasteiger partial charge in [0.05, 0.1) is 0 Å². The van der Waals surface area contributed by atoms with Gasteiger partial charge in [-0.1, -0.05) is 127 Å². The van der Waals surface area contributed by atoms with Gasteiger partial charge in [-0.25, -0.2) is 0 Å². The molecule has 0 heterocycles. The molecule has 2 rings (SSSR count). The number of hydrogen-bond acceptors (Lipinski definition) is 2. The molecular weight excluding hydrogens is 400 g/mol. The van der Waals surface area contributed by atoms with Crippen LogP contribution in [0.3, 0.4) is 0 Å². The van der Waals surface area contributed by atoms with Crippen LogP contribution in [0.5, 0.6) is 0 Å². The summed E-state index contributed by atoms with van der Waals surface area (Å²) in [6.07, 6.45) is 17.5. The zero-order valence-electron chi connectivity index (χ0n) is 20.1. The fraction of sp³-hybridized carbons (Fsp3) is 0.643. The van der Waals surface area contributed by atoms with Crippen molar-refractivity contribution in [3.05, 3.63) is 47.5 Å². The molecule has 0 aliphatic heterocycles. The minimum atomic E-state index is -1.14. The smallest absolute Gasteiger partial charge is 0.318 e. The third-order valence-corrected chi connectivity index (χ3v) is 7.15. The van der Waals surface area contributed by atoms with E-state index in [1.807, 2.05) is 24.3 Å². The average Bonchev–Trinajstić information content (AvgIpc) is 2.79. The van der Waals surface area contributed by atoms with Crippen LogP contribution in [0, 0.1) is 0 Å². The van der Waals surface area contributed by atoms with Crippen molar-refractivity contribution >= 4 is 11.9 Å². The van der Waals surface area contributed by atoms with E-state index in [1.54, 1.807) is 12.2 Å². The normalized spacial score (nSPS) is 21.9. The number of fused-ring (bicyclic) bond motifs is 1. The summed E-state index contributed by atoms with van der Waals surface area (Å²) in [5.41, 5.74) is -0.947. The quantitative estimate of drug-likeness (QED) is 0.206. The number of aliphatic carboxylic acids is 2. The molecule has 2 atom stereocenters. The van der Waals surface area contributed by atoms with Crippen LogP contribution in [0.4, 0.5) is 0 Å². The molecule has 32 heavy (non-hydrogen) atoms. The highest BCUT2D eigenvalue weighted by molar-refractivity contribution is 5.91. The van der Waals surface area contributed by atoms with Crippen LogP contribution in [-0.2, 0) is 20.4 Å². The summed E-state index contributed by atoms with van der Waals surface area (Å²) < 4.78 is 0. The first kappa shape index (κ1) is 26.2. The number of carboxylic acids is 2. The largest absolute Gasteiger partial charge is 0.480 e. The van der Waals surface area contributed by atoms with Crippen LogP contribution in [0.2, 0.25) is 0 Å². The Labute approximate surface area is 194 Å². The predicted octanol–water partition coefficient (Wildman–Crippen LogP) is 7.40. The number of benzene rings is 1. The van der Waals surface area contributed by atoms with E-state index < -0.39 is 22.8 Å². The first-order valence-electron chi connectivity index (χ1n) is 12.7. The highest BCUT2D eigenvalue weighted by atomic mass is 16.4. The van der Waals surface area contributed by atoms with E-state index in [9.17, 15) is 19.8 Å². The lowest BCUT2D eigenvalue weighted by molar-refractivity contribution is -0.145. The van der Waals surface area contributed by atoms with Gasteiger partial charge in [-0.05, 0) is 24.0 Å². The molecule has 0 saturated carbocycles. The Balaban J connectivity index is 2.25. The number of carboxylic acid groups (broad SMARTS) is 2. The fourth-order valence-corrected chi connectivity index (χ4v) is 5.12. The standard InChI is InChI=1S/C28H42O4/c1-3-5-7-9-11-15-19-27(25(29)30)21-22-28(26(31)32,20-16-12-10-8-6-4-2)24-18-14-13-17-23(24)27/h13-14,17-18,21-22H,3-12,15-16,19-20H2,1-2H3,(H,29,30)(H,31,32)/t27-,28-/m0/s1. The zero-order valence-corrected chi connectivity index (χ0v) is 20.1. The molecule has 0 aromatic heterocycles. The first-order valence-corrected chi connectivity index (χ1v) is 12.7. The van der Waals surface area contributed by atoms with E-state index in [1.165, 1.54) is 38.5 Å². The van der Waals surface area contributed by atoms with Crippen molar-refractivity contribution in [3.63, 3.8) is 0 Å². The van der Waals surface area contributed by atoms with Gasteiger partial charge >= 0.3 is 11.9 Å². The third-order valence-electron chi connectivity index (χ3n) is 7.15. The predicted molar refractivity (Wildman–Crippen MR) is 130 cm³/mol. The molecule has 0 spiro atoms. The van der Waals surface area contributed by atoms with E-state index in [-0.39, 0.29) is 0 Å². The molecule has 1 aliphatic rings. The minimum Gasteiger partial charge on any atom is -0.480 e. The zero-order chi connectivity index (χ0) is 23.5. The summed E-state index contributed by atoms with van der Waals surface area (Å²) >= 11 is 0. The monoisotopic (exact) mass is 442 g/mol. The number of carbonyl (C=O) groups is 2. The first-order chi connectivity index (χ1) is 15.4. The lowest BCUT2D eigenvalue weighted by atomic mass is 9.62. The molecule has 178 valence electrons. The molecule has 0 bridgehead atoms. The summed E-state index contributed by atoms with van der Waals surface area (Å²) in [6, 6.07) is 7.36. The number of hydrogen-bond donors (Lipinski definition) is 2. The highest BCUT2D eigenvalue weighted by Crippen LogP contribution is 2.47. The summed E-state index contributed by atoms with van der Waals surface area (Å²) in [5.74, 6) is -1.76. The van der Waals surface area contributed by atoms with Crippen LogP contribution < -0.4 is 0 Å². The van der Waals surface area contributed by atoms with Gasteiger partial charge in [-0.15, -0.1) is 0 Å².